The lowest BCUT2D eigenvalue weighted by Gasteiger charge is -2.11. The van der Waals surface area contributed by atoms with E-state index in [9.17, 15) is 5.11 Å². The predicted molar refractivity (Wildman–Crippen MR) is 89.7 cm³/mol. The van der Waals surface area contributed by atoms with Gasteiger partial charge in [-0.15, -0.1) is 0 Å². The molecule has 0 saturated heterocycles. The Bertz CT molecular complexity index is 739. The van der Waals surface area contributed by atoms with Crippen molar-refractivity contribution in [3.05, 3.63) is 90.0 Å². The molecule has 0 heterocycles. The molecule has 116 valence electrons. The summed E-state index contributed by atoms with van der Waals surface area (Å²) in [6.07, 6.45) is 0. The van der Waals surface area contributed by atoms with Gasteiger partial charge in [0.25, 0.3) is 0 Å². The third-order valence-electron chi connectivity index (χ3n) is 3.42. The maximum Gasteiger partial charge on any atom is 0.165 e. The molecule has 0 bridgehead atoms. The van der Waals surface area contributed by atoms with Crippen LogP contribution in [0, 0.1) is 0 Å². The van der Waals surface area contributed by atoms with Gasteiger partial charge in [-0.25, -0.2) is 0 Å². The van der Waals surface area contributed by atoms with Gasteiger partial charge in [0.15, 0.2) is 11.5 Å². The van der Waals surface area contributed by atoms with Crippen LogP contribution in [0.5, 0.6) is 17.2 Å². The van der Waals surface area contributed by atoms with Crippen LogP contribution in [-0.2, 0) is 13.2 Å². The monoisotopic (exact) mass is 306 g/mol. The quantitative estimate of drug-likeness (QED) is 0.726. The summed E-state index contributed by atoms with van der Waals surface area (Å²) < 4.78 is 11.4. The molecule has 0 aliphatic carbocycles. The zero-order valence-electron chi connectivity index (χ0n) is 12.7. The van der Waals surface area contributed by atoms with E-state index in [0.717, 1.165) is 11.1 Å². The topological polar surface area (TPSA) is 38.7 Å². The number of aromatic hydroxyl groups is 1. The Balaban J connectivity index is 1.64. The summed E-state index contributed by atoms with van der Waals surface area (Å²) in [7, 11) is 0. The molecule has 0 aliphatic heterocycles. The molecule has 3 heteroatoms. The summed E-state index contributed by atoms with van der Waals surface area (Å²) in [6, 6.07) is 24.8. The predicted octanol–water partition coefficient (Wildman–Crippen LogP) is 4.55. The summed E-state index contributed by atoms with van der Waals surface area (Å²) in [4.78, 5) is 0. The summed E-state index contributed by atoms with van der Waals surface area (Å²) in [5.41, 5.74) is 2.13. The number of ether oxygens (including phenoxy) is 2. The number of phenols is 1. The van der Waals surface area contributed by atoms with E-state index >= 15 is 0 Å². The van der Waals surface area contributed by atoms with Crippen molar-refractivity contribution in [1.29, 1.82) is 0 Å². The number of phenolic OH excluding ortho intramolecular Hbond substituents is 1. The molecule has 0 radical (unpaired) electrons. The highest BCUT2D eigenvalue weighted by Crippen LogP contribution is 2.31. The molecule has 0 amide bonds. The fourth-order valence-corrected chi connectivity index (χ4v) is 2.18. The van der Waals surface area contributed by atoms with Gasteiger partial charge in [0.1, 0.15) is 19.0 Å². The molecule has 3 nitrogen and oxygen atoms in total. The highest BCUT2D eigenvalue weighted by atomic mass is 16.5. The molecule has 1 N–H and O–H groups in total. The van der Waals surface area contributed by atoms with Crippen molar-refractivity contribution in [2.45, 2.75) is 13.2 Å². The zero-order chi connectivity index (χ0) is 15.9. The molecule has 3 rings (SSSR count). The molecule has 0 aliphatic rings. The highest BCUT2D eigenvalue weighted by Gasteiger charge is 2.06. The third-order valence-corrected chi connectivity index (χ3v) is 3.42. The van der Waals surface area contributed by atoms with E-state index in [4.69, 9.17) is 9.47 Å². The van der Waals surface area contributed by atoms with Crippen LogP contribution in [0.15, 0.2) is 78.9 Å². The molecule has 3 aromatic carbocycles. The van der Waals surface area contributed by atoms with Crippen LogP contribution in [0.3, 0.4) is 0 Å². The van der Waals surface area contributed by atoms with Gasteiger partial charge < -0.3 is 14.6 Å². The second-order valence-corrected chi connectivity index (χ2v) is 5.18. The summed E-state index contributed by atoms with van der Waals surface area (Å²) >= 11 is 0. The normalized spacial score (nSPS) is 10.3. The molecular formula is C20H18O3. The Morgan fingerprint density at radius 2 is 1.22 bits per heavy atom. The van der Waals surface area contributed by atoms with Crippen LogP contribution >= 0.6 is 0 Å². The van der Waals surface area contributed by atoms with Gasteiger partial charge in [0, 0.05) is 6.07 Å². The molecule has 0 atom stereocenters. The first kappa shape index (κ1) is 15.0. The smallest absolute Gasteiger partial charge is 0.165 e. The van der Waals surface area contributed by atoms with Gasteiger partial charge in [0.2, 0.25) is 0 Å². The van der Waals surface area contributed by atoms with E-state index < -0.39 is 0 Å². The van der Waals surface area contributed by atoms with Gasteiger partial charge in [0.05, 0.1) is 0 Å². The lowest BCUT2D eigenvalue weighted by atomic mass is 10.2. The highest BCUT2D eigenvalue weighted by molar-refractivity contribution is 5.44. The van der Waals surface area contributed by atoms with Gasteiger partial charge in [-0.1, -0.05) is 60.7 Å². The Morgan fingerprint density at radius 3 is 1.83 bits per heavy atom. The Hall–Kier alpha value is -2.94. The lowest BCUT2D eigenvalue weighted by Crippen LogP contribution is -1.98. The van der Waals surface area contributed by atoms with Gasteiger partial charge in [-0.3, -0.25) is 0 Å². The number of hydrogen-bond donors (Lipinski definition) is 1. The minimum Gasteiger partial charge on any atom is -0.504 e. The minimum absolute atomic E-state index is 0.105. The molecule has 0 saturated carbocycles. The van der Waals surface area contributed by atoms with E-state index in [2.05, 4.69) is 0 Å². The number of benzene rings is 3. The fourth-order valence-electron chi connectivity index (χ4n) is 2.18. The largest absolute Gasteiger partial charge is 0.504 e. The molecule has 23 heavy (non-hydrogen) atoms. The fraction of sp³-hybridized carbons (Fsp3) is 0.100. The van der Waals surface area contributed by atoms with Crippen molar-refractivity contribution in [1.82, 2.24) is 0 Å². The van der Waals surface area contributed by atoms with Crippen molar-refractivity contribution in [2.24, 2.45) is 0 Å². The first-order valence-electron chi connectivity index (χ1n) is 7.48. The SMILES string of the molecule is Oc1ccc(OCc2ccccc2)cc1OCc1ccccc1. The maximum absolute atomic E-state index is 9.92. The average Bonchev–Trinajstić information content (AvgIpc) is 2.62. The standard InChI is InChI=1S/C20H18O3/c21-19-12-11-18(22-14-16-7-3-1-4-8-16)13-20(19)23-15-17-9-5-2-6-10-17/h1-13,21H,14-15H2. The Morgan fingerprint density at radius 1 is 0.652 bits per heavy atom. The van der Waals surface area contributed by atoms with E-state index in [-0.39, 0.29) is 5.75 Å². The molecule has 0 fully saturated rings. The van der Waals surface area contributed by atoms with E-state index in [1.165, 1.54) is 0 Å². The van der Waals surface area contributed by atoms with Crippen molar-refractivity contribution >= 4 is 0 Å². The summed E-state index contributed by atoms with van der Waals surface area (Å²) in [6.45, 7) is 0.875. The second kappa shape index (κ2) is 7.36. The van der Waals surface area contributed by atoms with Crippen molar-refractivity contribution in [3.63, 3.8) is 0 Å². The van der Waals surface area contributed by atoms with Gasteiger partial charge >= 0.3 is 0 Å². The van der Waals surface area contributed by atoms with Crippen LogP contribution in [0.4, 0.5) is 0 Å². The number of rotatable bonds is 6. The maximum atomic E-state index is 9.92. The minimum atomic E-state index is 0.105. The molecule has 3 aromatic rings. The number of hydrogen-bond acceptors (Lipinski definition) is 3. The van der Waals surface area contributed by atoms with Crippen LogP contribution in [0.2, 0.25) is 0 Å². The first-order valence-corrected chi connectivity index (χ1v) is 7.48. The van der Waals surface area contributed by atoms with E-state index in [1.54, 1.807) is 18.2 Å². The summed E-state index contributed by atoms with van der Waals surface area (Å²) in [5.74, 6) is 1.18. The third kappa shape index (κ3) is 4.27. The van der Waals surface area contributed by atoms with Gasteiger partial charge in [-0.2, -0.15) is 0 Å². The molecule has 0 aromatic heterocycles. The van der Waals surface area contributed by atoms with Crippen LogP contribution < -0.4 is 9.47 Å². The lowest BCUT2D eigenvalue weighted by molar-refractivity contribution is 0.278. The summed E-state index contributed by atoms with van der Waals surface area (Å²) in [5, 5.41) is 9.92. The molecule has 0 spiro atoms. The average molecular weight is 306 g/mol. The Kier molecular flexibility index (Phi) is 4.79. The Labute approximate surface area is 135 Å². The van der Waals surface area contributed by atoms with E-state index in [0.29, 0.717) is 24.7 Å². The van der Waals surface area contributed by atoms with Crippen LogP contribution in [0.25, 0.3) is 0 Å². The first-order chi connectivity index (χ1) is 11.3. The second-order valence-electron chi connectivity index (χ2n) is 5.18. The van der Waals surface area contributed by atoms with Crippen molar-refractivity contribution in [3.8, 4) is 17.2 Å². The van der Waals surface area contributed by atoms with Crippen LogP contribution in [0.1, 0.15) is 11.1 Å². The molecular weight excluding hydrogens is 288 g/mol. The van der Waals surface area contributed by atoms with Crippen molar-refractivity contribution in [2.75, 3.05) is 0 Å². The molecule has 0 unspecified atom stereocenters. The van der Waals surface area contributed by atoms with Crippen molar-refractivity contribution < 1.29 is 14.6 Å². The van der Waals surface area contributed by atoms with E-state index in [1.807, 2.05) is 60.7 Å². The van der Waals surface area contributed by atoms with Gasteiger partial charge in [-0.05, 0) is 23.3 Å². The zero-order valence-corrected chi connectivity index (χ0v) is 12.7. The van der Waals surface area contributed by atoms with Crippen LogP contribution in [-0.4, -0.2) is 5.11 Å².